The normalized spacial score (nSPS) is 11.9. The van der Waals surface area contributed by atoms with Gasteiger partial charge in [-0.3, -0.25) is 0 Å². The molecule has 2 heterocycles. The minimum Gasteiger partial charge on any atom is -0.343 e. The number of fused-ring (bicyclic) bond motifs is 1. The molecule has 0 bridgehead atoms. The van der Waals surface area contributed by atoms with Crippen LogP contribution in [0, 0.1) is 0 Å². The van der Waals surface area contributed by atoms with Crippen LogP contribution in [0.4, 0.5) is 13.2 Å². The van der Waals surface area contributed by atoms with Crippen molar-refractivity contribution >= 4 is 11.2 Å². The third-order valence-corrected chi connectivity index (χ3v) is 2.83. The van der Waals surface area contributed by atoms with E-state index < -0.39 is 11.7 Å². The van der Waals surface area contributed by atoms with Gasteiger partial charge in [-0.15, -0.1) is 0 Å². The predicted molar refractivity (Wildman–Crippen MR) is 64.3 cm³/mol. The average Bonchev–Trinajstić information content (AvgIpc) is 2.86. The number of imidazole rings is 1. The number of alkyl halides is 3. The fraction of sp³-hybridized carbons (Fsp3) is 0.0769. The molecule has 6 heteroatoms. The van der Waals surface area contributed by atoms with Crippen LogP contribution in [-0.2, 0) is 6.18 Å². The van der Waals surface area contributed by atoms with E-state index in [4.69, 9.17) is 0 Å². The topological polar surface area (TPSA) is 41.6 Å². The van der Waals surface area contributed by atoms with Crippen molar-refractivity contribution in [3.63, 3.8) is 0 Å². The summed E-state index contributed by atoms with van der Waals surface area (Å²) in [5.41, 5.74) is 1.56. The standard InChI is InChI=1S/C13H8F3N3/c14-13(15,16)9-3-1-2-8(6-9)10-4-5-17-12-11(10)18-7-19-12/h1-7H,(H,17,18,19). The highest BCUT2D eigenvalue weighted by atomic mass is 19.4. The number of nitrogens with zero attached hydrogens (tertiary/aromatic N) is 2. The zero-order chi connectivity index (χ0) is 13.5. The molecule has 19 heavy (non-hydrogen) atoms. The van der Waals surface area contributed by atoms with Crippen LogP contribution in [0.5, 0.6) is 0 Å². The molecule has 96 valence electrons. The fourth-order valence-electron chi connectivity index (χ4n) is 1.95. The summed E-state index contributed by atoms with van der Waals surface area (Å²) in [7, 11) is 0. The number of aromatic amines is 1. The van der Waals surface area contributed by atoms with Crippen molar-refractivity contribution < 1.29 is 13.2 Å². The van der Waals surface area contributed by atoms with E-state index in [1.807, 2.05) is 0 Å². The molecule has 0 aliphatic carbocycles. The number of pyridine rings is 1. The maximum atomic E-state index is 12.7. The summed E-state index contributed by atoms with van der Waals surface area (Å²) >= 11 is 0. The van der Waals surface area contributed by atoms with E-state index in [0.717, 1.165) is 12.1 Å². The van der Waals surface area contributed by atoms with E-state index in [1.165, 1.54) is 18.6 Å². The molecule has 0 saturated heterocycles. The van der Waals surface area contributed by atoms with Gasteiger partial charge in [-0.2, -0.15) is 13.2 Å². The van der Waals surface area contributed by atoms with E-state index in [9.17, 15) is 13.2 Å². The first-order chi connectivity index (χ1) is 9.05. The molecule has 2 aromatic heterocycles. The molecule has 0 unspecified atom stereocenters. The lowest BCUT2D eigenvalue weighted by Crippen LogP contribution is -2.04. The van der Waals surface area contributed by atoms with Gasteiger partial charge in [0.1, 0.15) is 0 Å². The van der Waals surface area contributed by atoms with Gasteiger partial charge in [0.25, 0.3) is 0 Å². The van der Waals surface area contributed by atoms with Crippen LogP contribution in [0.2, 0.25) is 0 Å². The van der Waals surface area contributed by atoms with E-state index in [-0.39, 0.29) is 0 Å². The van der Waals surface area contributed by atoms with Crippen molar-refractivity contribution in [2.75, 3.05) is 0 Å². The summed E-state index contributed by atoms with van der Waals surface area (Å²) in [5.74, 6) is 0. The molecule has 0 atom stereocenters. The Labute approximate surface area is 106 Å². The van der Waals surface area contributed by atoms with Crippen LogP contribution in [0.1, 0.15) is 5.56 Å². The zero-order valence-electron chi connectivity index (χ0n) is 9.57. The number of H-pyrrole nitrogens is 1. The molecule has 0 aliphatic rings. The molecule has 0 fully saturated rings. The number of nitrogens with one attached hydrogen (secondary N) is 1. The molecule has 0 radical (unpaired) electrons. The number of rotatable bonds is 1. The minimum absolute atomic E-state index is 0.478. The molecule has 3 aromatic rings. The Kier molecular flexibility index (Phi) is 2.51. The van der Waals surface area contributed by atoms with Crippen LogP contribution >= 0.6 is 0 Å². The number of aromatic nitrogens is 3. The van der Waals surface area contributed by atoms with E-state index in [2.05, 4.69) is 15.0 Å². The van der Waals surface area contributed by atoms with E-state index >= 15 is 0 Å². The van der Waals surface area contributed by atoms with Crippen molar-refractivity contribution in [2.45, 2.75) is 6.18 Å². The average molecular weight is 263 g/mol. The van der Waals surface area contributed by atoms with Crippen LogP contribution in [-0.4, -0.2) is 15.0 Å². The van der Waals surface area contributed by atoms with Crippen LogP contribution < -0.4 is 0 Å². The van der Waals surface area contributed by atoms with Crippen LogP contribution in [0.25, 0.3) is 22.3 Å². The molecule has 0 saturated carbocycles. The molecule has 3 rings (SSSR count). The summed E-state index contributed by atoms with van der Waals surface area (Å²) in [6, 6.07) is 6.85. The predicted octanol–water partition coefficient (Wildman–Crippen LogP) is 3.64. The lowest BCUT2D eigenvalue weighted by Gasteiger charge is -2.09. The third-order valence-electron chi connectivity index (χ3n) is 2.83. The van der Waals surface area contributed by atoms with Gasteiger partial charge in [0.15, 0.2) is 5.65 Å². The molecule has 1 N–H and O–H groups in total. The van der Waals surface area contributed by atoms with Crippen molar-refractivity contribution in [1.82, 2.24) is 15.0 Å². The smallest absolute Gasteiger partial charge is 0.343 e. The zero-order valence-corrected chi connectivity index (χ0v) is 9.57. The van der Waals surface area contributed by atoms with Gasteiger partial charge >= 0.3 is 6.18 Å². The first-order valence-electron chi connectivity index (χ1n) is 5.51. The first kappa shape index (κ1) is 11.7. The SMILES string of the molecule is FC(F)(F)c1cccc(-c2ccnc3nc[nH]c23)c1. The van der Waals surface area contributed by atoms with Gasteiger partial charge in [-0.1, -0.05) is 12.1 Å². The Bertz CT molecular complexity index is 731. The number of hydrogen-bond donors (Lipinski definition) is 1. The highest BCUT2D eigenvalue weighted by molar-refractivity contribution is 5.89. The Balaban J connectivity index is 2.19. The highest BCUT2D eigenvalue weighted by Crippen LogP contribution is 2.33. The number of benzene rings is 1. The van der Waals surface area contributed by atoms with E-state index in [1.54, 1.807) is 12.1 Å². The van der Waals surface area contributed by atoms with Crippen molar-refractivity contribution in [3.8, 4) is 11.1 Å². The minimum atomic E-state index is -4.35. The Morgan fingerprint density at radius 2 is 1.89 bits per heavy atom. The van der Waals surface area contributed by atoms with Crippen LogP contribution in [0.3, 0.4) is 0 Å². The van der Waals surface area contributed by atoms with Gasteiger partial charge in [0, 0.05) is 11.8 Å². The van der Waals surface area contributed by atoms with Crippen molar-refractivity contribution in [2.24, 2.45) is 0 Å². The molecular weight excluding hydrogens is 255 g/mol. The lowest BCUT2D eigenvalue weighted by atomic mass is 10.0. The van der Waals surface area contributed by atoms with Gasteiger partial charge in [-0.05, 0) is 23.8 Å². The summed E-state index contributed by atoms with van der Waals surface area (Å²) in [6.07, 6.45) is -1.36. The highest BCUT2D eigenvalue weighted by Gasteiger charge is 2.30. The van der Waals surface area contributed by atoms with Gasteiger partial charge < -0.3 is 4.98 Å². The van der Waals surface area contributed by atoms with Crippen LogP contribution in [0.15, 0.2) is 42.9 Å². The van der Waals surface area contributed by atoms with Gasteiger partial charge in [0.05, 0.1) is 17.4 Å². The molecule has 1 aromatic carbocycles. The molecule has 3 nitrogen and oxygen atoms in total. The Morgan fingerprint density at radius 1 is 1.05 bits per heavy atom. The maximum absolute atomic E-state index is 12.7. The monoisotopic (exact) mass is 263 g/mol. The summed E-state index contributed by atoms with van der Waals surface area (Å²) in [6.45, 7) is 0. The molecule has 0 aliphatic heterocycles. The summed E-state index contributed by atoms with van der Waals surface area (Å²) in [5, 5.41) is 0. The summed E-state index contributed by atoms with van der Waals surface area (Å²) in [4.78, 5) is 10.9. The number of halogens is 3. The fourth-order valence-corrected chi connectivity index (χ4v) is 1.95. The molecule has 0 spiro atoms. The van der Waals surface area contributed by atoms with Crippen molar-refractivity contribution in [1.29, 1.82) is 0 Å². The number of hydrogen-bond acceptors (Lipinski definition) is 2. The Morgan fingerprint density at radius 3 is 2.68 bits per heavy atom. The molecular formula is C13H8F3N3. The van der Waals surface area contributed by atoms with E-state index in [0.29, 0.717) is 22.3 Å². The first-order valence-corrected chi connectivity index (χ1v) is 5.51. The van der Waals surface area contributed by atoms with Gasteiger partial charge in [0.2, 0.25) is 0 Å². The second-order valence-corrected chi connectivity index (χ2v) is 4.04. The second-order valence-electron chi connectivity index (χ2n) is 4.04. The molecule has 0 amide bonds. The quantitative estimate of drug-likeness (QED) is 0.728. The second kappa shape index (κ2) is 4.08. The largest absolute Gasteiger partial charge is 0.416 e. The Hall–Kier alpha value is -2.37. The third kappa shape index (κ3) is 2.05. The van der Waals surface area contributed by atoms with Crippen molar-refractivity contribution in [3.05, 3.63) is 48.4 Å². The lowest BCUT2D eigenvalue weighted by molar-refractivity contribution is -0.137. The van der Waals surface area contributed by atoms with Gasteiger partial charge in [-0.25, -0.2) is 9.97 Å². The maximum Gasteiger partial charge on any atom is 0.416 e. The summed E-state index contributed by atoms with van der Waals surface area (Å²) < 4.78 is 38.1.